The molecule has 0 bridgehead atoms. The average molecular weight is 349 g/mol. The molecular formula is C17H23N3O3S. The molecule has 0 aliphatic rings. The minimum absolute atomic E-state index is 0.109. The normalized spacial score (nSPS) is 13.5. The van der Waals surface area contributed by atoms with Crippen LogP contribution in [0.1, 0.15) is 43.7 Å². The predicted molar refractivity (Wildman–Crippen MR) is 95.6 cm³/mol. The molecule has 0 unspecified atom stereocenters. The molecule has 0 aliphatic heterocycles. The van der Waals surface area contributed by atoms with E-state index in [1.165, 1.54) is 17.4 Å². The number of hydrogen-bond donors (Lipinski definition) is 1. The van der Waals surface area contributed by atoms with Gasteiger partial charge in [-0.25, -0.2) is 4.99 Å². The summed E-state index contributed by atoms with van der Waals surface area (Å²) in [6, 6.07) is 3.18. The Morgan fingerprint density at radius 3 is 2.50 bits per heavy atom. The lowest BCUT2D eigenvalue weighted by molar-refractivity contribution is -0.385. The van der Waals surface area contributed by atoms with Crippen molar-refractivity contribution in [3.8, 4) is 0 Å². The molecular weight excluding hydrogens is 326 g/mol. The summed E-state index contributed by atoms with van der Waals surface area (Å²) in [7, 11) is 0. The number of benzene rings is 1. The number of nitro groups is 1. The summed E-state index contributed by atoms with van der Waals surface area (Å²) in [5.41, 5.74) is 3.09. The van der Waals surface area contributed by atoms with Crippen LogP contribution in [0.3, 0.4) is 0 Å². The molecule has 1 N–H and O–H groups in total. The summed E-state index contributed by atoms with van der Waals surface area (Å²) in [6.07, 6.45) is -0.566. The number of aromatic nitrogens is 1. The molecule has 1 heterocycles. The van der Waals surface area contributed by atoms with Gasteiger partial charge in [0.25, 0.3) is 5.69 Å². The first-order chi connectivity index (χ1) is 11.2. The lowest BCUT2D eigenvalue weighted by atomic mass is 10.1. The van der Waals surface area contributed by atoms with E-state index in [9.17, 15) is 15.2 Å². The van der Waals surface area contributed by atoms with Crippen LogP contribution in [0.4, 0.5) is 11.4 Å². The number of thiazole rings is 1. The van der Waals surface area contributed by atoms with Crippen molar-refractivity contribution in [1.82, 2.24) is 4.57 Å². The largest absolute Gasteiger partial charge is 0.387 e. The van der Waals surface area contributed by atoms with Crippen molar-refractivity contribution in [2.24, 2.45) is 10.9 Å². The van der Waals surface area contributed by atoms with Gasteiger partial charge in [-0.1, -0.05) is 13.8 Å². The van der Waals surface area contributed by atoms with Gasteiger partial charge in [0.05, 0.1) is 22.4 Å². The Balaban J connectivity index is 2.60. The number of aliphatic hydroxyl groups excluding tert-OH is 1. The minimum atomic E-state index is -0.566. The summed E-state index contributed by atoms with van der Waals surface area (Å²) in [6.45, 7) is 10.3. The first kappa shape index (κ1) is 18.4. The Labute approximate surface area is 145 Å². The number of nitrogens with zero attached hydrogens (tertiary/aromatic N) is 3. The second kappa shape index (κ2) is 7.27. The zero-order chi connectivity index (χ0) is 18.0. The summed E-state index contributed by atoms with van der Waals surface area (Å²) >= 11 is 1.47. The van der Waals surface area contributed by atoms with Crippen LogP contribution >= 0.6 is 11.3 Å². The van der Waals surface area contributed by atoms with Gasteiger partial charge >= 0.3 is 0 Å². The molecule has 0 saturated carbocycles. The third kappa shape index (κ3) is 3.73. The number of aliphatic hydroxyl groups is 1. The van der Waals surface area contributed by atoms with Crippen LogP contribution in [0, 0.1) is 29.9 Å². The first-order valence-electron chi connectivity index (χ1n) is 7.88. The van der Waals surface area contributed by atoms with Crippen molar-refractivity contribution >= 4 is 22.7 Å². The van der Waals surface area contributed by atoms with Gasteiger partial charge in [0.1, 0.15) is 0 Å². The van der Waals surface area contributed by atoms with Gasteiger partial charge in [0, 0.05) is 23.6 Å². The standard InChI is InChI=1S/C17H23N3O3S/c1-10(2)8-19-16(13(5)21)9-24-17(19)18-14-6-7-15(20(22)23)12(4)11(14)3/h6-7,9-10,13,21H,8H2,1-5H3/t13-/m1/s1. The third-order valence-electron chi connectivity index (χ3n) is 3.95. The van der Waals surface area contributed by atoms with Gasteiger partial charge in [-0.05, 0) is 38.3 Å². The lowest BCUT2D eigenvalue weighted by Gasteiger charge is -2.13. The lowest BCUT2D eigenvalue weighted by Crippen LogP contribution is -2.21. The Kier molecular flexibility index (Phi) is 5.56. The molecule has 1 atom stereocenters. The molecule has 0 amide bonds. The fourth-order valence-corrected chi connectivity index (χ4v) is 3.53. The van der Waals surface area contributed by atoms with Crippen molar-refractivity contribution in [3.05, 3.63) is 49.2 Å². The average Bonchev–Trinajstić information content (AvgIpc) is 2.86. The van der Waals surface area contributed by atoms with E-state index >= 15 is 0 Å². The van der Waals surface area contributed by atoms with Crippen molar-refractivity contribution in [2.75, 3.05) is 0 Å². The Morgan fingerprint density at radius 2 is 1.96 bits per heavy atom. The first-order valence-corrected chi connectivity index (χ1v) is 8.76. The van der Waals surface area contributed by atoms with Gasteiger partial charge in [-0.3, -0.25) is 10.1 Å². The van der Waals surface area contributed by atoms with Crippen molar-refractivity contribution in [1.29, 1.82) is 0 Å². The van der Waals surface area contributed by atoms with E-state index in [2.05, 4.69) is 13.8 Å². The molecule has 24 heavy (non-hydrogen) atoms. The van der Waals surface area contributed by atoms with Crippen molar-refractivity contribution in [3.63, 3.8) is 0 Å². The Hall–Kier alpha value is -1.99. The fourth-order valence-electron chi connectivity index (χ4n) is 2.52. The monoisotopic (exact) mass is 349 g/mol. The van der Waals surface area contributed by atoms with Crippen LogP contribution in [-0.2, 0) is 6.54 Å². The van der Waals surface area contributed by atoms with Crippen molar-refractivity contribution in [2.45, 2.75) is 47.3 Å². The van der Waals surface area contributed by atoms with Gasteiger partial charge in [0.2, 0.25) is 0 Å². The zero-order valence-corrected chi connectivity index (χ0v) is 15.4. The predicted octanol–water partition coefficient (Wildman–Crippen LogP) is 4.02. The molecule has 0 aliphatic carbocycles. The van der Waals surface area contributed by atoms with E-state index < -0.39 is 6.10 Å². The third-order valence-corrected chi connectivity index (χ3v) is 4.83. The molecule has 0 radical (unpaired) electrons. The molecule has 0 saturated heterocycles. The Bertz CT molecular complexity index is 819. The number of rotatable bonds is 5. The Morgan fingerprint density at radius 1 is 1.29 bits per heavy atom. The quantitative estimate of drug-likeness (QED) is 0.654. The van der Waals surface area contributed by atoms with Crippen LogP contribution in [-0.4, -0.2) is 14.6 Å². The molecule has 2 rings (SSSR count). The van der Waals surface area contributed by atoms with E-state index in [-0.39, 0.29) is 10.6 Å². The summed E-state index contributed by atoms with van der Waals surface area (Å²) in [4.78, 5) is 16.2. The van der Waals surface area contributed by atoms with Gasteiger partial charge in [-0.2, -0.15) is 0 Å². The molecule has 130 valence electrons. The highest BCUT2D eigenvalue weighted by Gasteiger charge is 2.16. The maximum absolute atomic E-state index is 11.0. The number of nitro benzene ring substituents is 1. The van der Waals surface area contributed by atoms with Gasteiger partial charge in [-0.15, -0.1) is 11.3 Å². The van der Waals surface area contributed by atoms with E-state index in [0.29, 0.717) is 11.5 Å². The molecule has 7 heteroatoms. The number of hydrogen-bond acceptors (Lipinski definition) is 5. The summed E-state index contributed by atoms with van der Waals surface area (Å²) in [5, 5.41) is 22.9. The molecule has 2 aromatic rings. The second-order valence-electron chi connectivity index (χ2n) is 6.35. The molecule has 0 spiro atoms. The molecule has 1 aromatic carbocycles. The van der Waals surface area contributed by atoms with Crippen LogP contribution in [0.2, 0.25) is 0 Å². The van der Waals surface area contributed by atoms with E-state index in [0.717, 1.165) is 28.3 Å². The molecule has 6 nitrogen and oxygen atoms in total. The molecule has 1 aromatic heterocycles. The van der Waals surface area contributed by atoms with E-state index in [4.69, 9.17) is 4.99 Å². The molecule has 0 fully saturated rings. The van der Waals surface area contributed by atoms with E-state index in [1.54, 1.807) is 19.9 Å². The van der Waals surface area contributed by atoms with Gasteiger partial charge in [0.15, 0.2) is 4.80 Å². The highest BCUT2D eigenvalue weighted by Crippen LogP contribution is 2.29. The maximum atomic E-state index is 11.0. The van der Waals surface area contributed by atoms with E-state index in [1.807, 2.05) is 16.9 Å². The van der Waals surface area contributed by atoms with Crippen LogP contribution in [0.25, 0.3) is 0 Å². The van der Waals surface area contributed by atoms with Crippen LogP contribution < -0.4 is 4.80 Å². The van der Waals surface area contributed by atoms with Gasteiger partial charge < -0.3 is 9.67 Å². The SMILES string of the molecule is Cc1c(N=c2scc([C@@H](C)O)n2CC(C)C)ccc([N+](=O)[O-])c1C. The smallest absolute Gasteiger partial charge is 0.272 e. The fraction of sp³-hybridized carbons (Fsp3) is 0.471. The van der Waals surface area contributed by atoms with Crippen LogP contribution in [0.15, 0.2) is 22.5 Å². The van der Waals surface area contributed by atoms with Crippen LogP contribution in [0.5, 0.6) is 0 Å². The van der Waals surface area contributed by atoms with Crippen molar-refractivity contribution < 1.29 is 10.0 Å². The summed E-state index contributed by atoms with van der Waals surface area (Å²) in [5.74, 6) is 0.413. The maximum Gasteiger partial charge on any atom is 0.272 e. The highest BCUT2D eigenvalue weighted by molar-refractivity contribution is 7.07. The topological polar surface area (TPSA) is 80.7 Å². The minimum Gasteiger partial charge on any atom is -0.387 e. The summed E-state index contributed by atoms with van der Waals surface area (Å²) < 4.78 is 2.02. The highest BCUT2D eigenvalue weighted by atomic mass is 32.1. The zero-order valence-electron chi connectivity index (χ0n) is 14.6. The second-order valence-corrected chi connectivity index (χ2v) is 7.18.